The van der Waals surface area contributed by atoms with Gasteiger partial charge in [-0.1, -0.05) is 49.6 Å². The van der Waals surface area contributed by atoms with Crippen molar-refractivity contribution in [3.8, 4) is 0 Å². The average molecular weight is 290 g/mol. The van der Waals surface area contributed by atoms with Crippen LogP contribution < -0.4 is 5.32 Å². The summed E-state index contributed by atoms with van der Waals surface area (Å²) in [5.74, 6) is 0. The molecule has 1 spiro atoms. The van der Waals surface area contributed by atoms with Crippen LogP contribution in [0.15, 0.2) is 30.3 Å². The number of hydrogen-bond donors (Lipinski definition) is 1. The van der Waals surface area contributed by atoms with Crippen molar-refractivity contribution >= 4 is 0 Å². The minimum atomic E-state index is -0.222. The number of rotatable bonds is 4. The van der Waals surface area contributed by atoms with Gasteiger partial charge >= 0.3 is 0 Å². The van der Waals surface area contributed by atoms with Crippen LogP contribution in [0.1, 0.15) is 37.7 Å². The third-order valence-electron chi connectivity index (χ3n) is 5.30. The molecule has 1 aliphatic heterocycles. The topological polar surface area (TPSA) is 15.3 Å². The van der Waals surface area contributed by atoms with Crippen LogP contribution in [-0.2, 0) is 6.42 Å². The quantitative estimate of drug-likeness (QED) is 0.916. The predicted molar refractivity (Wildman–Crippen MR) is 85.3 cm³/mol. The van der Waals surface area contributed by atoms with Gasteiger partial charge in [0.2, 0.25) is 0 Å². The second-order valence-corrected chi connectivity index (χ2v) is 6.69. The highest BCUT2D eigenvalue weighted by Gasteiger charge is 2.41. The van der Waals surface area contributed by atoms with Gasteiger partial charge in [0.1, 0.15) is 6.67 Å². The Bertz CT molecular complexity index is 428. The molecular formula is C18H27FN2. The molecule has 21 heavy (non-hydrogen) atoms. The molecule has 1 atom stereocenters. The molecule has 1 saturated carbocycles. The Kier molecular flexibility index (Phi) is 4.91. The number of alkyl halides is 1. The molecule has 1 heterocycles. The molecule has 0 radical (unpaired) electrons. The summed E-state index contributed by atoms with van der Waals surface area (Å²) in [7, 11) is 0. The Labute approximate surface area is 127 Å². The number of benzene rings is 1. The normalized spacial score (nSPS) is 26.0. The summed E-state index contributed by atoms with van der Waals surface area (Å²) in [6, 6.07) is 11.1. The van der Waals surface area contributed by atoms with Crippen molar-refractivity contribution in [2.24, 2.45) is 0 Å². The van der Waals surface area contributed by atoms with Gasteiger partial charge in [0, 0.05) is 31.2 Å². The van der Waals surface area contributed by atoms with Crippen molar-refractivity contribution < 1.29 is 4.39 Å². The highest BCUT2D eigenvalue weighted by molar-refractivity contribution is 5.16. The van der Waals surface area contributed by atoms with Crippen LogP contribution in [0.3, 0.4) is 0 Å². The molecule has 1 aromatic carbocycles. The third kappa shape index (κ3) is 3.46. The smallest absolute Gasteiger partial charge is 0.102 e. The zero-order valence-corrected chi connectivity index (χ0v) is 12.9. The lowest BCUT2D eigenvalue weighted by molar-refractivity contribution is 0.00623. The van der Waals surface area contributed by atoms with Gasteiger partial charge < -0.3 is 5.32 Å². The molecule has 0 amide bonds. The molecule has 1 N–H and O–H groups in total. The van der Waals surface area contributed by atoms with Crippen LogP contribution in [-0.4, -0.2) is 42.8 Å². The van der Waals surface area contributed by atoms with E-state index in [1.54, 1.807) is 0 Å². The van der Waals surface area contributed by atoms with E-state index in [4.69, 9.17) is 0 Å². The molecule has 2 fully saturated rings. The van der Waals surface area contributed by atoms with Gasteiger partial charge in [0.25, 0.3) is 0 Å². The highest BCUT2D eigenvalue weighted by Crippen LogP contribution is 2.35. The lowest BCUT2D eigenvalue weighted by atomic mass is 9.78. The Balaban J connectivity index is 1.66. The number of hydrogen-bond acceptors (Lipinski definition) is 2. The van der Waals surface area contributed by atoms with Gasteiger partial charge in [0.05, 0.1) is 0 Å². The lowest BCUT2D eigenvalue weighted by Gasteiger charge is -2.52. The van der Waals surface area contributed by atoms with Crippen molar-refractivity contribution in [2.45, 2.75) is 50.1 Å². The van der Waals surface area contributed by atoms with Crippen LogP contribution in [0.2, 0.25) is 0 Å². The summed E-state index contributed by atoms with van der Waals surface area (Å²) in [5, 5.41) is 3.75. The van der Waals surface area contributed by atoms with Crippen LogP contribution in [0.4, 0.5) is 4.39 Å². The average Bonchev–Trinajstić information content (AvgIpc) is 2.53. The summed E-state index contributed by atoms with van der Waals surface area (Å²) < 4.78 is 13.0. The fourth-order valence-corrected chi connectivity index (χ4v) is 4.14. The van der Waals surface area contributed by atoms with Crippen molar-refractivity contribution in [3.05, 3.63) is 35.9 Å². The highest BCUT2D eigenvalue weighted by atomic mass is 19.1. The van der Waals surface area contributed by atoms with Crippen LogP contribution in [0, 0.1) is 0 Å². The van der Waals surface area contributed by atoms with Gasteiger partial charge in [0.15, 0.2) is 0 Å². The lowest BCUT2D eigenvalue weighted by Crippen LogP contribution is -2.65. The number of piperazine rings is 1. The first-order valence-electron chi connectivity index (χ1n) is 8.41. The van der Waals surface area contributed by atoms with E-state index in [1.165, 1.54) is 37.7 Å². The monoisotopic (exact) mass is 290 g/mol. The van der Waals surface area contributed by atoms with E-state index in [9.17, 15) is 4.39 Å². The van der Waals surface area contributed by atoms with Gasteiger partial charge in [-0.2, -0.15) is 0 Å². The molecule has 1 saturated heterocycles. The minimum Gasteiger partial charge on any atom is -0.311 e. The van der Waals surface area contributed by atoms with Crippen LogP contribution in [0.25, 0.3) is 0 Å². The van der Waals surface area contributed by atoms with Crippen LogP contribution in [0.5, 0.6) is 0 Å². The van der Waals surface area contributed by atoms with E-state index in [0.29, 0.717) is 12.6 Å². The number of halogens is 1. The maximum atomic E-state index is 13.0. The van der Waals surface area contributed by atoms with Gasteiger partial charge in [-0.15, -0.1) is 0 Å². The van der Waals surface area contributed by atoms with E-state index in [2.05, 4.69) is 40.5 Å². The van der Waals surface area contributed by atoms with E-state index in [-0.39, 0.29) is 12.2 Å². The third-order valence-corrected chi connectivity index (χ3v) is 5.30. The molecule has 116 valence electrons. The van der Waals surface area contributed by atoms with Gasteiger partial charge in [-0.3, -0.25) is 4.90 Å². The van der Waals surface area contributed by atoms with E-state index >= 15 is 0 Å². The van der Waals surface area contributed by atoms with E-state index in [0.717, 1.165) is 19.5 Å². The van der Waals surface area contributed by atoms with Crippen molar-refractivity contribution in [1.82, 2.24) is 10.2 Å². The number of nitrogens with zero attached hydrogens (tertiary/aromatic N) is 1. The largest absolute Gasteiger partial charge is 0.311 e. The van der Waals surface area contributed by atoms with E-state index < -0.39 is 0 Å². The molecule has 2 nitrogen and oxygen atoms in total. The van der Waals surface area contributed by atoms with E-state index in [1.807, 2.05) is 0 Å². The predicted octanol–water partition coefficient (Wildman–Crippen LogP) is 3.18. The van der Waals surface area contributed by atoms with Crippen LogP contribution >= 0.6 is 0 Å². The molecule has 3 heteroatoms. The minimum absolute atomic E-state index is 0.222. The molecule has 3 rings (SSSR count). The molecule has 0 aromatic heterocycles. The SMILES string of the molecule is FCCN1CC(Cc2ccccc2)NCC12CCCCC2. The Hall–Kier alpha value is -0.930. The maximum Gasteiger partial charge on any atom is 0.102 e. The zero-order valence-electron chi connectivity index (χ0n) is 12.9. The zero-order chi connectivity index (χ0) is 14.5. The molecule has 0 bridgehead atoms. The van der Waals surface area contributed by atoms with Crippen molar-refractivity contribution in [1.29, 1.82) is 0 Å². The first kappa shape index (κ1) is 15.0. The summed E-state index contributed by atoms with van der Waals surface area (Å²) in [4.78, 5) is 2.45. The Morgan fingerprint density at radius 2 is 1.90 bits per heavy atom. The summed E-state index contributed by atoms with van der Waals surface area (Å²) in [6.45, 7) is 2.40. The fourth-order valence-electron chi connectivity index (χ4n) is 4.14. The van der Waals surface area contributed by atoms with Crippen molar-refractivity contribution in [2.75, 3.05) is 26.3 Å². The summed E-state index contributed by atoms with van der Waals surface area (Å²) in [6.07, 6.45) is 7.45. The molecular weight excluding hydrogens is 263 g/mol. The molecule has 1 aliphatic carbocycles. The molecule has 1 unspecified atom stereocenters. The Morgan fingerprint density at radius 1 is 1.14 bits per heavy atom. The second-order valence-electron chi connectivity index (χ2n) is 6.69. The van der Waals surface area contributed by atoms with Crippen molar-refractivity contribution in [3.63, 3.8) is 0 Å². The number of nitrogens with one attached hydrogen (secondary N) is 1. The first-order chi connectivity index (χ1) is 10.3. The maximum absolute atomic E-state index is 13.0. The summed E-state index contributed by atoms with van der Waals surface area (Å²) >= 11 is 0. The fraction of sp³-hybridized carbons (Fsp3) is 0.667. The molecule has 2 aliphatic rings. The first-order valence-corrected chi connectivity index (χ1v) is 8.41. The second kappa shape index (κ2) is 6.89. The van der Waals surface area contributed by atoms with Gasteiger partial charge in [-0.05, 0) is 24.8 Å². The van der Waals surface area contributed by atoms with Gasteiger partial charge in [-0.25, -0.2) is 4.39 Å². The standard InChI is InChI=1S/C18H27FN2/c19-11-12-21-14-17(13-16-7-3-1-4-8-16)20-15-18(21)9-5-2-6-10-18/h1,3-4,7-8,17,20H,2,5-6,9-15H2. The Morgan fingerprint density at radius 3 is 2.62 bits per heavy atom. The summed E-state index contributed by atoms with van der Waals surface area (Å²) in [5.41, 5.74) is 1.60. The molecule has 1 aromatic rings.